The molecule has 1 aromatic rings. The molecular weight excluding hydrogens is 264 g/mol. The van der Waals surface area contributed by atoms with Gasteiger partial charge in [0.25, 0.3) is 0 Å². The molecule has 0 spiro atoms. The molecule has 0 atom stereocenters. The van der Waals surface area contributed by atoms with E-state index in [9.17, 15) is 0 Å². The highest BCUT2D eigenvalue weighted by Crippen LogP contribution is 2.27. The Hall–Kier alpha value is -0.213. The van der Waals surface area contributed by atoms with E-state index in [1.54, 1.807) is 5.56 Å². The Kier molecular flexibility index (Phi) is 7.23. The number of hydrogen-bond donors (Lipinski definition) is 1. The van der Waals surface area contributed by atoms with E-state index in [1.165, 1.54) is 53.9 Å². The van der Waals surface area contributed by atoms with Gasteiger partial charge in [0.1, 0.15) is 0 Å². The first-order valence-electron chi connectivity index (χ1n) is 7.91. The van der Waals surface area contributed by atoms with E-state index in [1.807, 2.05) is 0 Å². The quantitative estimate of drug-likeness (QED) is 0.447. The SMILES string of the molecule is CCCCc1cc(C[Si](CC)(CC)CC)ccc1S. The smallest absolute Gasteiger partial charge is 0.0571 e. The lowest BCUT2D eigenvalue weighted by Crippen LogP contribution is -2.34. The second-order valence-corrected chi connectivity index (χ2v) is 11.8. The fourth-order valence-electron chi connectivity index (χ4n) is 2.87. The van der Waals surface area contributed by atoms with Crippen molar-refractivity contribution in [2.24, 2.45) is 0 Å². The largest absolute Gasteiger partial charge is 0.143 e. The number of hydrogen-bond acceptors (Lipinski definition) is 1. The van der Waals surface area contributed by atoms with Crippen LogP contribution in [0.1, 0.15) is 51.7 Å². The van der Waals surface area contributed by atoms with Crippen LogP contribution in [-0.2, 0) is 12.5 Å². The van der Waals surface area contributed by atoms with Crippen LogP contribution in [0.2, 0.25) is 18.1 Å². The summed E-state index contributed by atoms with van der Waals surface area (Å²) in [4.78, 5) is 1.17. The molecule has 2 heteroatoms. The second-order valence-electron chi connectivity index (χ2n) is 5.80. The Bertz CT molecular complexity index is 375. The topological polar surface area (TPSA) is 0 Å². The summed E-state index contributed by atoms with van der Waals surface area (Å²) >= 11 is 4.61. The summed E-state index contributed by atoms with van der Waals surface area (Å²) in [6, 6.07) is 12.5. The van der Waals surface area contributed by atoms with E-state index in [2.05, 4.69) is 58.5 Å². The predicted octanol–water partition coefficient (Wildman–Crippen LogP) is 5.91. The summed E-state index contributed by atoms with van der Waals surface area (Å²) in [5.74, 6) is 0. The van der Waals surface area contributed by atoms with Crippen molar-refractivity contribution >= 4 is 20.7 Å². The van der Waals surface area contributed by atoms with Gasteiger partial charge in [-0.25, -0.2) is 0 Å². The molecule has 0 saturated carbocycles. The number of thiol groups is 1. The minimum absolute atomic E-state index is 1.05. The van der Waals surface area contributed by atoms with Gasteiger partial charge in [0.05, 0.1) is 8.07 Å². The van der Waals surface area contributed by atoms with Gasteiger partial charge in [-0.1, -0.05) is 69.9 Å². The number of aryl methyl sites for hydroxylation is 1. The maximum absolute atomic E-state index is 4.61. The summed E-state index contributed by atoms with van der Waals surface area (Å²) in [7, 11) is -1.05. The average molecular weight is 295 g/mol. The van der Waals surface area contributed by atoms with Gasteiger partial charge in [0.15, 0.2) is 0 Å². The van der Waals surface area contributed by atoms with Gasteiger partial charge >= 0.3 is 0 Å². The molecule has 0 heterocycles. The molecule has 0 N–H and O–H groups in total. The zero-order chi connectivity index (χ0) is 14.3. The highest BCUT2D eigenvalue weighted by molar-refractivity contribution is 7.80. The van der Waals surface area contributed by atoms with Crippen molar-refractivity contribution in [3.63, 3.8) is 0 Å². The first-order chi connectivity index (χ1) is 9.10. The summed E-state index contributed by atoms with van der Waals surface area (Å²) < 4.78 is 0. The molecule has 0 aliphatic heterocycles. The molecule has 0 amide bonds. The lowest BCUT2D eigenvalue weighted by Gasteiger charge is -2.28. The van der Waals surface area contributed by atoms with Gasteiger partial charge < -0.3 is 0 Å². The fourth-order valence-corrected chi connectivity index (χ4v) is 6.46. The van der Waals surface area contributed by atoms with Crippen molar-refractivity contribution in [2.75, 3.05) is 0 Å². The standard InChI is InChI=1S/C17H30SSi/c1-5-9-10-16-13-15(11-12-17(16)18)14-19(6-2,7-3)8-4/h11-13,18H,5-10,14H2,1-4H3. The Morgan fingerprint density at radius 2 is 1.63 bits per heavy atom. The first-order valence-corrected chi connectivity index (χ1v) is 11.2. The molecule has 0 aliphatic carbocycles. The Morgan fingerprint density at radius 3 is 2.16 bits per heavy atom. The van der Waals surface area contributed by atoms with Gasteiger partial charge in [-0.3, -0.25) is 0 Å². The molecule has 0 nitrogen and oxygen atoms in total. The lowest BCUT2D eigenvalue weighted by atomic mass is 10.1. The van der Waals surface area contributed by atoms with Crippen LogP contribution < -0.4 is 0 Å². The van der Waals surface area contributed by atoms with Crippen molar-refractivity contribution in [2.45, 2.75) is 76.0 Å². The maximum Gasteiger partial charge on any atom is 0.0571 e. The summed E-state index contributed by atoms with van der Waals surface area (Å²) in [6.45, 7) is 9.43. The van der Waals surface area contributed by atoms with Gasteiger partial charge in [0.2, 0.25) is 0 Å². The molecule has 1 rings (SSSR count). The Morgan fingerprint density at radius 1 is 1.00 bits per heavy atom. The molecule has 0 aromatic heterocycles. The Labute approximate surface area is 126 Å². The van der Waals surface area contributed by atoms with Crippen LogP contribution in [-0.4, -0.2) is 8.07 Å². The van der Waals surface area contributed by atoms with Crippen LogP contribution in [0.5, 0.6) is 0 Å². The minimum Gasteiger partial charge on any atom is -0.143 e. The van der Waals surface area contributed by atoms with Gasteiger partial charge in [-0.05, 0) is 30.5 Å². The lowest BCUT2D eigenvalue weighted by molar-refractivity contribution is 0.784. The van der Waals surface area contributed by atoms with Crippen LogP contribution in [0.4, 0.5) is 0 Å². The van der Waals surface area contributed by atoms with Crippen LogP contribution in [0.15, 0.2) is 23.1 Å². The predicted molar refractivity (Wildman–Crippen MR) is 93.2 cm³/mol. The molecule has 0 aliphatic rings. The highest BCUT2D eigenvalue weighted by atomic mass is 32.1. The second kappa shape index (κ2) is 8.16. The minimum atomic E-state index is -1.05. The van der Waals surface area contributed by atoms with E-state index in [4.69, 9.17) is 0 Å². The van der Waals surface area contributed by atoms with E-state index in [0.29, 0.717) is 0 Å². The van der Waals surface area contributed by atoms with Crippen molar-refractivity contribution in [1.82, 2.24) is 0 Å². The number of benzene rings is 1. The molecule has 0 unspecified atom stereocenters. The van der Waals surface area contributed by atoms with Crippen LogP contribution in [0, 0.1) is 0 Å². The third-order valence-corrected chi connectivity index (χ3v) is 10.9. The van der Waals surface area contributed by atoms with Gasteiger partial charge in [0, 0.05) is 4.90 Å². The third-order valence-electron chi connectivity index (χ3n) is 4.77. The van der Waals surface area contributed by atoms with E-state index in [0.717, 1.165) is 0 Å². The molecule has 0 bridgehead atoms. The van der Waals surface area contributed by atoms with Crippen molar-refractivity contribution in [3.8, 4) is 0 Å². The molecule has 108 valence electrons. The van der Waals surface area contributed by atoms with Crippen LogP contribution in [0.25, 0.3) is 0 Å². The van der Waals surface area contributed by atoms with Gasteiger partial charge in [-0.2, -0.15) is 0 Å². The molecular formula is C17H30SSi. The van der Waals surface area contributed by atoms with Crippen molar-refractivity contribution in [1.29, 1.82) is 0 Å². The molecule has 1 aromatic carbocycles. The van der Waals surface area contributed by atoms with Crippen LogP contribution in [0.3, 0.4) is 0 Å². The summed E-state index contributed by atoms with van der Waals surface area (Å²) in [5, 5.41) is 0. The maximum atomic E-state index is 4.61. The molecule has 19 heavy (non-hydrogen) atoms. The first kappa shape index (κ1) is 16.8. The molecule has 0 radical (unpaired) electrons. The zero-order valence-corrected chi connectivity index (χ0v) is 15.0. The summed E-state index contributed by atoms with van der Waals surface area (Å²) in [5.41, 5.74) is 3.01. The van der Waals surface area contributed by atoms with Crippen LogP contribution >= 0.6 is 12.6 Å². The molecule has 0 saturated heterocycles. The van der Waals surface area contributed by atoms with E-state index >= 15 is 0 Å². The highest BCUT2D eigenvalue weighted by Gasteiger charge is 2.26. The van der Waals surface area contributed by atoms with E-state index < -0.39 is 8.07 Å². The fraction of sp³-hybridized carbons (Fsp3) is 0.647. The van der Waals surface area contributed by atoms with Crippen molar-refractivity contribution in [3.05, 3.63) is 29.3 Å². The Balaban J connectivity index is 2.89. The third kappa shape index (κ3) is 4.68. The average Bonchev–Trinajstić information content (AvgIpc) is 2.45. The van der Waals surface area contributed by atoms with Crippen molar-refractivity contribution < 1.29 is 0 Å². The van der Waals surface area contributed by atoms with Gasteiger partial charge in [-0.15, -0.1) is 12.6 Å². The number of rotatable bonds is 8. The monoisotopic (exact) mass is 294 g/mol. The van der Waals surface area contributed by atoms with E-state index in [-0.39, 0.29) is 0 Å². The molecule has 0 fully saturated rings. The number of unbranched alkanes of at least 4 members (excludes halogenated alkanes) is 1. The normalized spacial score (nSPS) is 11.8. The summed E-state index contributed by atoms with van der Waals surface area (Å²) in [6.07, 6.45) is 3.71. The zero-order valence-electron chi connectivity index (χ0n) is 13.1.